The Bertz CT molecular complexity index is 641. The summed E-state index contributed by atoms with van der Waals surface area (Å²) in [5.74, 6) is 0.304. The highest BCUT2D eigenvalue weighted by molar-refractivity contribution is 5.86. The van der Waals surface area contributed by atoms with Crippen LogP contribution in [0.25, 0.3) is 5.69 Å². The van der Waals surface area contributed by atoms with Crippen molar-refractivity contribution in [1.82, 2.24) is 9.78 Å². The van der Waals surface area contributed by atoms with Crippen molar-refractivity contribution in [3.63, 3.8) is 0 Å². The topological polar surface area (TPSA) is 79.9 Å². The first-order chi connectivity index (χ1) is 9.17. The fraction of sp³-hybridized carbons (Fsp3) is 0.154. The molecule has 6 nitrogen and oxygen atoms in total. The van der Waals surface area contributed by atoms with Gasteiger partial charge in [0.05, 0.1) is 18.5 Å². The number of ether oxygens (including phenoxy) is 1. The van der Waals surface area contributed by atoms with Crippen LogP contribution in [0.1, 0.15) is 11.3 Å². The minimum atomic E-state index is -0.645. The smallest absolute Gasteiger partial charge is 0.412 e. The summed E-state index contributed by atoms with van der Waals surface area (Å²) < 4.78 is 6.06. The summed E-state index contributed by atoms with van der Waals surface area (Å²) in [5, 5.41) is 15.9. The lowest BCUT2D eigenvalue weighted by Gasteiger charge is -2.08. The number of methoxy groups -OCH3 is 1. The number of anilines is 1. The van der Waals surface area contributed by atoms with Gasteiger partial charge in [-0.2, -0.15) is 10.4 Å². The van der Waals surface area contributed by atoms with E-state index in [1.165, 1.54) is 11.8 Å². The van der Waals surface area contributed by atoms with Crippen LogP contribution in [0.3, 0.4) is 0 Å². The maximum atomic E-state index is 11.4. The van der Waals surface area contributed by atoms with Gasteiger partial charge in [-0.3, -0.25) is 5.32 Å². The highest BCUT2D eigenvalue weighted by atomic mass is 16.5. The monoisotopic (exact) mass is 256 g/mol. The lowest BCUT2D eigenvalue weighted by atomic mass is 10.2. The first-order valence-corrected chi connectivity index (χ1v) is 5.57. The van der Waals surface area contributed by atoms with Crippen LogP contribution in [0.2, 0.25) is 0 Å². The minimum absolute atomic E-state index is 0.304. The minimum Gasteiger partial charge on any atom is -0.453 e. The summed E-state index contributed by atoms with van der Waals surface area (Å²) in [6.45, 7) is 1.71. The summed E-state index contributed by atoms with van der Waals surface area (Å²) in [7, 11) is 1.26. The Labute approximate surface area is 110 Å². The molecule has 0 spiro atoms. The van der Waals surface area contributed by atoms with Gasteiger partial charge in [0.1, 0.15) is 11.6 Å². The summed E-state index contributed by atoms with van der Waals surface area (Å²) >= 11 is 0. The van der Waals surface area contributed by atoms with Crippen molar-refractivity contribution in [3.8, 4) is 11.8 Å². The molecule has 2 aromatic rings. The Kier molecular flexibility index (Phi) is 3.48. The predicted molar refractivity (Wildman–Crippen MR) is 69.0 cm³/mol. The van der Waals surface area contributed by atoms with E-state index in [-0.39, 0.29) is 0 Å². The average Bonchev–Trinajstić information content (AvgIpc) is 2.75. The number of para-hydroxylation sites is 1. The van der Waals surface area contributed by atoms with Gasteiger partial charge in [-0.15, -0.1) is 0 Å². The third kappa shape index (κ3) is 2.40. The Morgan fingerprint density at radius 1 is 1.42 bits per heavy atom. The molecule has 0 aliphatic carbocycles. The van der Waals surface area contributed by atoms with Crippen LogP contribution in [0.15, 0.2) is 30.3 Å². The second-order valence-electron chi connectivity index (χ2n) is 3.78. The van der Waals surface area contributed by atoms with Crippen LogP contribution in [0, 0.1) is 18.3 Å². The molecule has 1 heterocycles. The molecule has 0 saturated carbocycles. The molecule has 0 unspecified atom stereocenters. The molecule has 19 heavy (non-hydrogen) atoms. The highest BCUT2D eigenvalue weighted by Gasteiger charge is 2.18. The van der Waals surface area contributed by atoms with Gasteiger partial charge in [-0.1, -0.05) is 18.2 Å². The number of rotatable bonds is 2. The van der Waals surface area contributed by atoms with Crippen molar-refractivity contribution in [2.24, 2.45) is 0 Å². The van der Waals surface area contributed by atoms with E-state index < -0.39 is 6.09 Å². The molecule has 0 radical (unpaired) electrons. The molecule has 96 valence electrons. The van der Waals surface area contributed by atoms with E-state index >= 15 is 0 Å². The molecule has 1 N–H and O–H groups in total. The predicted octanol–water partition coefficient (Wildman–Crippen LogP) is 2.23. The molecule has 6 heteroatoms. The lowest BCUT2D eigenvalue weighted by molar-refractivity contribution is 0.186. The number of aromatic nitrogens is 2. The maximum Gasteiger partial charge on any atom is 0.412 e. The fourth-order valence-corrected chi connectivity index (χ4v) is 1.68. The number of carbonyl (C=O) groups excluding carboxylic acids is 1. The number of nitrogens with zero attached hydrogens (tertiary/aromatic N) is 3. The van der Waals surface area contributed by atoms with Crippen molar-refractivity contribution in [3.05, 3.63) is 41.6 Å². The summed E-state index contributed by atoms with van der Waals surface area (Å²) in [4.78, 5) is 11.4. The second-order valence-corrected chi connectivity index (χ2v) is 3.78. The van der Waals surface area contributed by atoms with Crippen LogP contribution in [-0.2, 0) is 4.74 Å². The molecule has 0 saturated heterocycles. The van der Waals surface area contributed by atoms with Crippen LogP contribution in [0.4, 0.5) is 10.6 Å². The number of amides is 1. The Morgan fingerprint density at radius 2 is 2.11 bits per heavy atom. The van der Waals surface area contributed by atoms with E-state index in [1.807, 2.05) is 36.4 Å². The number of nitriles is 1. The van der Waals surface area contributed by atoms with Crippen molar-refractivity contribution in [2.45, 2.75) is 6.92 Å². The molecule has 0 atom stereocenters. The third-order valence-electron chi connectivity index (χ3n) is 2.58. The first kappa shape index (κ1) is 12.6. The quantitative estimate of drug-likeness (QED) is 0.893. The molecular weight excluding hydrogens is 244 g/mol. The van der Waals surface area contributed by atoms with Gasteiger partial charge in [0.2, 0.25) is 0 Å². The summed E-state index contributed by atoms with van der Waals surface area (Å²) in [6, 6.07) is 11.3. The number of benzene rings is 1. The molecule has 0 aliphatic rings. The zero-order valence-electron chi connectivity index (χ0n) is 10.5. The SMILES string of the molecule is COC(=O)Nc1c(C#N)c(C)nn1-c1ccccc1. The molecule has 1 aromatic carbocycles. The normalized spacial score (nSPS) is 9.74. The molecule has 0 fully saturated rings. The summed E-state index contributed by atoms with van der Waals surface area (Å²) in [5.41, 5.74) is 1.60. The molecule has 0 bridgehead atoms. The number of aryl methyl sites for hydroxylation is 1. The molecule has 1 aromatic heterocycles. The third-order valence-corrected chi connectivity index (χ3v) is 2.58. The van der Waals surface area contributed by atoms with Crippen LogP contribution >= 0.6 is 0 Å². The Balaban J connectivity index is 2.56. The van der Waals surface area contributed by atoms with E-state index in [0.29, 0.717) is 17.1 Å². The fourth-order valence-electron chi connectivity index (χ4n) is 1.68. The zero-order valence-corrected chi connectivity index (χ0v) is 10.5. The van der Waals surface area contributed by atoms with E-state index in [9.17, 15) is 4.79 Å². The van der Waals surface area contributed by atoms with E-state index in [2.05, 4.69) is 15.2 Å². The van der Waals surface area contributed by atoms with Gasteiger partial charge in [0.15, 0.2) is 5.82 Å². The second kappa shape index (κ2) is 5.23. The van der Waals surface area contributed by atoms with Gasteiger partial charge in [-0.25, -0.2) is 9.48 Å². The van der Waals surface area contributed by atoms with Crippen molar-refractivity contribution in [2.75, 3.05) is 12.4 Å². The van der Waals surface area contributed by atoms with Gasteiger partial charge in [-0.05, 0) is 19.1 Å². The number of carbonyl (C=O) groups is 1. The number of hydrogen-bond donors (Lipinski definition) is 1. The van der Waals surface area contributed by atoms with Crippen molar-refractivity contribution in [1.29, 1.82) is 5.26 Å². The van der Waals surface area contributed by atoms with Crippen LogP contribution in [0.5, 0.6) is 0 Å². The van der Waals surface area contributed by atoms with Crippen molar-refractivity contribution >= 4 is 11.9 Å². The average molecular weight is 256 g/mol. The largest absolute Gasteiger partial charge is 0.453 e. The number of nitrogens with one attached hydrogen (secondary N) is 1. The molecule has 0 aliphatic heterocycles. The van der Waals surface area contributed by atoms with Gasteiger partial charge >= 0.3 is 6.09 Å². The summed E-state index contributed by atoms with van der Waals surface area (Å²) in [6.07, 6.45) is -0.645. The Hall–Kier alpha value is -2.81. The van der Waals surface area contributed by atoms with Crippen molar-refractivity contribution < 1.29 is 9.53 Å². The van der Waals surface area contributed by atoms with Gasteiger partial charge in [0, 0.05) is 0 Å². The highest BCUT2D eigenvalue weighted by Crippen LogP contribution is 2.22. The van der Waals surface area contributed by atoms with E-state index in [0.717, 1.165) is 5.69 Å². The van der Waals surface area contributed by atoms with Crippen LogP contribution in [-0.4, -0.2) is 23.0 Å². The van der Waals surface area contributed by atoms with Crippen LogP contribution < -0.4 is 5.32 Å². The standard InChI is InChI=1S/C13H12N4O2/c1-9-11(8-14)12(15-13(18)19-2)17(16-9)10-6-4-3-5-7-10/h3-7H,1-2H3,(H,15,18). The molecule has 1 amide bonds. The maximum absolute atomic E-state index is 11.4. The Morgan fingerprint density at radius 3 is 2.68 bits per heavy atom. The molecule has 2 rings (SSSR count). The number of hydrogen-bond acceptors (Lipinski definition) is 4. The van der Waals surface area contributed by atoms with Gasteiger partial charge < -0.3 is 4.74 Å². The van der Waals surface area contributed by atoms with E-state index in [1.54, 1.807) is 6.92 Å². The first-order valence-electron chi connectivity index (χ1n) is 5.57. The van der Waals surface area contributed by atoms with E-state index in [4.69, 9.17) is 5.26 Å². The molecular formula is C13H12N4O2. The lowest BCUT2D eigenvalue weighted by Crippen LogP contribution is -2.15. The van der Waals surface area contributed by atoms with Gasteiger partial charge in [0.25, 0.3) is 0 Å². The zero-order chi connectivity index (χ0) is 13.8.